The Morgan fingerprint density at radius 1 is 1.31 bits per heavy atom. The predicted molar refractivity (Wildman–Crippen MR) is 57.5 cm³/mol. The molecule has 2 rings (SSSR count). The Hall–Kier alpha value is -0.980. The third kappa shape index (κ3) is 1.32. The van der Waals surface area contributed by atoms with Crippen LogP contribution in [-0.4, -0.2) is 13.6 Å². The third-order valence-electron chi connectivity index (χ3n) is 2.87. The molecule has 0 spiro atoms. The lowest BCUT2D eigenvalue weighted by molar-refractivity contribution is 0.856. The molecule has 1 aliphatic heterocycles. The summed E-state index contributed by atoms with van der Waals surface area (Å²) in [5.41, 5.74) is 4.50. The van der Waals surface area contributed by atoms with E-state index < -0.39 is 0 Å². The van der Waals surface area contributed by atoms with Gasteiger partial charge >= 0.3 is 0 Å². The highest BCUT2D eigenvalue weighted by atomic mass is 15.1. The van der Waals surface area contributed by atoms with Crippen molar-refractivity contribution >= 4 is 5.69 Å². The highest BCUT2D eigenvalue weighted by Gasteiger charge is 2.19. The van der Waals surface area contributed by atoms with Crippen LogP contribution >= 0.6 is 0 Å². The number of anilines is 1. The molecule has 0 bridgehead atoms. The summed E-state index contributed by atoms with van der Waals surface area (Å²) in [5.74, 6) is 0.635. The Bertz CT molecular complexity index is 315. The van der Waals surface area contributed by atoms with Gasteiger partial charge in [-0.2, -0.15) is 0 Å². The summed E-state index contributed by atoms with van der Waals surface area (Å²) in [5, 5.41) is 0. The minimum atomic E-state index is 0.635. The van der Waals surface area contributed by atoms with Gasteiger partial charge in [0.1, 0.15) is 0 Å². The molecule has 0 N–H and O–H groups in total. The second-order valence-corrected chi connectivity index (χ2v) is 4.18. The van der Waals surface area contributed by atoms with Gasteiger partial charge in [-0.1, -0.05) is 32.0 Å². The first-order valence-electron chi connectivity index (χ1n) is 5.03. The van der Waals surface area contributed by atoms with Crippen LogP contribution in [0.4, 0.5) is 5.69 Å². The molecule has 70 valence electrons. The average molecular weight is 175 g/mol. The molecule has 0 aromatic heterocycles. The Morgan fingerprint density at radius 2 is 2.08 bits per heavy atom. The summed E-state index contributed by atoms with van der Waals surface area (Å²) in [6.07, 6.45) is 1.21. The molecule has 0 unspecified atom stereocenters. The fourth-order valence-corrected chi connectivity index (χ4v) is 2.14. The van der Waals surface area contributed by atoms with Crippen LogP contribution in [0.1, 0.15) is 30.9 Å². The lowest BCUT2D eigenvalue weighted by atomic mass is 9.98. The van der Waals surface area contributed by atoms with Gasteiger partial charge in [0.2, 0.25) is 0 Å². The zero-order valence-corrected chi connectivity index (χ0v) is 8.67. The fraction of sp³-hybridized carbons (Fsp3) is 0.500. The first kappa shape index (κ1) is 8.61. The first-order valence-corrected chi connectivity index (χ1v) is 5.03. The van der Waals surface area contributed by atoms with E-state index >= 15 is 0 Å². The first-order chi connectivity index (χ1) is 6.20. The van der Waals surface area contributed by atoms with Crippen molar-refractivity contribution < 1.29 is 0 Å². The number of para-hydroxylation sites is 1. The van der Waals surface area contributed by atoms with Crippen LogP contribution in [0.2, 0.25) is 0 Å². The Labute approximate surface area is 80.4 Å². The van der Waals surface area contributed by atoms with Crippen molar-refractivity contribution in [2.24, 2.45) is 0 Å². The Morgan fingerprint density at radius 3 is 2.77 bits per heavy atom. The lowest BCUT2D eigenvalue weighted by Gasteiger charge is -2.18. The molecule has 13 heavy (non-hydrogen) atoms. The monoisotopic (exact) mass is 175 g/mol. The molecule has 1 heteroatoms. The van der Waals surface area contributed by atoms with Crippen molar-refractivity contribution in [1.29, 1.82) is 0 Å². The molecule has 1 aliphatic rings. The van der Waals surface area contributed by atoms with Gasteiger partial charge in [0.15, 0.2) is 0 Å². The van der Waals surface area contributed by atoms with E-state index in [1.54, 1.807) is 0 Å². The summed E-state index contributed by atoms with van der Waals surface area (Å²) >= 11 is 0. The summed E-state index contributed by atoms with van der Waals surface area (Å²) in [6, 6.07) is 6.70. The number of rotatable bonds is 1. The molecule has 1 aromatic rings. The van der Waals surface area contributed by atoms with E-state index in [0.29, 0.717) is 5.92 Å². The fourth-order valence-electron chi connectivity index (χ4n) is 2.14. The van der Waals surface area contributed by atoms with Crippen molar-refractivity contribution in [2.45, 2.75) is 26.2 Å². The predicted octanol–water partition coefficient (Wildman–Crippen LogP) is 2.80. The van der Waals surface area contributed by atoms with E-state index in [4.69, 9.17) is 0 Å². The molecule has 1 heterocycles. The molecular weight excluding hydrogens is 158 g/mol. The number of likely N-dealkylation sites (N-methyl/N-ethyl adjacent to an activating group) is 1. The molecule has 0 saturated heterocycles. The standard InChI is InChI=1S/C12H17N/c1-9(2)11-6-4-5-10-7-8-13(3)12(10)11/h4-6,9H,7-8H2,1-3H3. The van der Waals surface area contributed by atoms with Gasteiger partial charge in [-0.15, -0.1) is 0 Å². The SMILES string of the molecule is CC(C)c1cccc2c1N(C)CC2. The maximum absolute atomic E-state index is 2.38. The second kappa shape index (κ2) is 3.06. The van der Waals surface area contributed by atoms with Crippen LogP contribution in [-0.2, 0) is 6.42 Å². The van der Waals surface area contributed by atoms with Gasteiger partial charge in [-0.25, -0.2) is 0 Å². The number of hydrogen-bond acceptors (Lipinski definition) is 1. The van der Waals surface area contributed by atoms with Crippen molar-refractivity contribution in [2.75, 3.05) is 18.5 Å². The number of hydrogen-bond donors (Lipinski definition) is 0. The van der Waals surface area contributed by atoms with Crippen molar-refractivity contribution in [3.63, 3.8) is 0 Å². The van der Waals surface area contributed by atoms with Crippen molar-refractivity contribution in [1.82, 2.24) is 0 Å². The second-order valence-electron chi connectivity index (χ2n) is 4.18. The van der Waals surface area contributed by atoms with Gasteiger partial charge in [0.05, 0.1) is 0 Å². The minimum Gasteiger partial charge on any atom is -0.374 e. The highest BCUT2D eigenvalue weighted by molar-refractivity contribution is 5.63. The highest BCUT2D eigenvalue weighted by Crippen LogP contribution is 2.34. The largest absolute Gasteiger partial charge is 0.374 e. The molecule has 0 atom stereocenters. The molecule has 0 fully saturated rings. The summed E-state index contributed by atoms with van der Waals surface area (Å²) in [6.45, 7) is 5.71. The van der Waals surface area contributed by atoms with Crippen LogP contribution < -0.4 is 4.90 Å². The smallest absolute Gasteiger partial charge is 0.0432 e. The van der Waals surface area contributed by atoms with Gasteiger partial charge in [0.25, 0.3) is 0 Å². The normalized spacial score (nSPS) is 15.2. The van der Waals surface area contributed by atoms with Gasteiger partial charge in [-0.3, -0.25) is 0 Å². The van der Waals surface area contributed by atoms with E-state index in [1.807, 2.05) is 0 Å². The third-order valence-corrected chi connectivity index (χ3v) is 2.87. The van der Waals surface area contributed by atoms with Crippen molar-refractivity contribution in [3.8, 4) is 0 Å². The molecule has 1 aromatic carbocycles. The van der Waals surface area contributed by atoms with Crippen molar-refractivity contribution in [3.05, 3.63) is 29.3 Å². The number of nitrogens with zero attached hydrogens (tertiary/aromatic N) is 1. The van der Waals surface area contributed by atoms with E-state index in [0.717, 1.165) is 0 Å². The summed E-state index contributed by atoms with van der Waals surface area (Å²) < 4.78 is 0. The molecule has 0 radical (unpaired) electrons. The van der Waals surface area contributed by atoms with Crippen LogP contribution in [0, 0.1) is 0 Å². The molecule has 0 aliphatic carbocycles. The van der Waals surface area contributed by atoms with Gasteiger partial charge in [0, 0.05) is 19.3 Å². The van der Waals surface area contributed by atoms with Crippen LogP contribution in [0.15, 0.2) is 18.2 Å². The van der Waals surface area contributed by atoms with Gasteiger partial charge < -0.3 is 4.90 Å². The molecule has 1 nitrogen and oxygen atoms in total. The number of fused-ring (bicyclic) bond motifs is 1. The molecule has 0 amide bonds. The van der Waals surface area contributed by atoms with E-state index in [9.17, 15) is 0 Å². The summed E-state index contributed by atoms with van der Waals surface area (Å²) in [4.78, 5) is 2.38. The van der Waals surface area contributed by atoms with E-state index in [1.165, 1.54) is 29.8 Å². The van der Waals surface area contributed by atoms with Gasteiger partial charge in [-0.05, 0) is 23.5 Å². The average Bonchev–Trinajstić information content (AvgIpc) is 2.48. The zero-order valence-electron chi connectivity index (χ0n) is 8.67. The van der Waals surface area contributed by atoms with Crippen LogP contribution in [0.3, 0.4) is 0 Å². The topological polar surface area (TPSA) is 3.24 Å². The summed E-state index contributed by atoms with van der Waals surface area (Å²) in [7, 11) is 2.19. The van der Waals surface area contributed by atoms with E-state index in [-0.39, 0.29) is 0 Å². The Kier molecular flexibility index (Phi) is 2.03. The minimum absolute atomic E-state index is 0.635. The maximum Gasteiger partial charge on any atom is 0.0432 e. The Balaban J connectivity index is 2.53. The molecular formula is C12H17N. The lowest BCUT2D eigenvalue weighted by Crippen LogP contribution is -2.14. The quantitative estimate of drug-likeness (QED) is 0.634. The number of benzene rings is 1. The zero-order chi connectivity index (χ0) is 9.42. The van der Waals surface area contributed by atoms with E-state index in [2.05, 4.69) is 44.0 Å². The van der Waals surface area contributed by atoms with Crippen LogP contribution in [0.5, 0.6) is 0 Å². The maximum atomic E-state index is 2.38. The molecule has 0 saturated carbocycles. The van der Waals surface area contributed by atoms with Crippen LogP contribution in [0.25, 0.3) is 0 Å².